The van der Waals surface area contributed by atoms with Crippen molar-refractivity contribution in [3.05, 3.63) is 59.2 Å². The molecule has 0 fully saturated rings. The average molecular weight is 244 g/mol. The van der Waals surface area contributed by atoms with Crippen LogP contribution in [0.3, 0.4) is 0 Å². The average Bonchev–Trinajstić information content (AvgIpc) is 2.32. The van der Waals surface area contributed by atoms with Crippen LogP contribution >= 0.6 is 11.8 Å². The molecule has 0 aliphatic heterocycles. The van der Waals surface area contributed by atoms with E-state index >= 15 is 0 Å². The van der Waals surface area contributed by atoms with Gasteiger partial charge in [0.1, 0.15) is 0 Å². The minimum Gasteiger partial charge on any atom is -0.392 e. The fourth-order valence-electron chi connectivity index (χ4n) is 1.71. The number of hydrogen-bond acceptors (Lipinski definition) is 2. The van der Waals surface area contributed by atoms with E-state index in [4.69, 9.17) is 5.11 Å². The normalized spacial score (nSPS) is 10.5. The van der Waals surface area contributed by atoms with Crippen molar-refractivity contribution in [3.8, 4) is 0 Å². The number of hydrogen-bond donors (Lipinski definition) is 1. The maximum Gasteiger partial charge on any atom is 0.0684 e. The third-order valence-electron chi connectivity index (χ3n) is 2.81. The van der Waals surface area contributed by atoms with Gasteiger partial charge in [-0.25, -0.2) is 0 Å². The van der Waals surface area contributed by atoms with Crippen molar-refractivity contribution >= 4 is 11.8 Å². The molecule has 0 aromatic heterocycles. The van der Waals surface area contributed by atoms with E-state index in [1.54, 1.807) is 11.8 Å². The van der Waals surface area contributed by atoms with Crippen molar-refractivity contribution in [2.24, 2.45) is 0 Å². The lowest BCUT2D eigenvalue weighted by molar-refractivity contribution is 0.281. The van der Waals surface area contributed by atoms with Crippen molar-refractivity contribution in [1.29, 1.82) is 0 Å². The fraction of sp³-hybridized carbons (Fsp3) is 0.200. The van der Waals surface area contributed by atoms with Gasteiger partial charge in [-0.2, -0.15) is 0 Å². The Morgan fingerprint density at radius 2 is 1.76 bits per heavy atom. The molecule has 1 N–H and O–H groups in total. The van der Waals surface area contributed by atoms with Gasteiger partial charge in [-0.1, -0.05) is 36.0 Å². The van der Waals surface area contributed by atoms with Crippen LogP contribution in [-0.2, 0) is 6.61 Å². The molecule has 0 amide bonds. The van der Waals surface area contributed by atoms with Crippen LogP contribution in [0.4, 0.5) is 0 Å². The summed E-state index contributed by atoms with van der Waals surface area (Å²) in [6, 6.07) is 14.6. The molecule has 0 heterocycles. The zero-order valence-electron chi connectivity index (χ0n) is 10.1. The van der Waals surface area contributed by atoms with Gasteiger partial charge in [-0.3, -0.25) is 0 Å². The van der Waals surface area contributed by atoms with Crippen LogP contribution in [0.1, 0.15) is 16.7 Å². The summed E-state index contributed by atoms with van der Waals surface area (Å²) in [4.78, 5) is 2.50. The summed E-state index contributed by atoms with van der Waals surface area (Å²) in [7, 11) is 0. The van der Waals surface area contributed by atoms with Gasteiger partial charge in [0.05, 0.1) is 6.61 Å². The van der Waals surface area contributed by atoms with Gasteiger partial charge < -0.3 is 5.11 Å². The van der Waals surface area contributed by atoms with Gasteiger partial charge in [0.15, 0.2) is 0 Å². The molecule has 2 rings (SSSR count). The molecule has 0 unspecified atom stereocenters. The SMILES string of the molecule is Cc1cc(Sc2ccccc2C)ccc1CO. The molecular weight excluding hydrogens is 228 g/mol. The second-order valence-corrected chi connectivity index (χ2v) is 5.23. The van der Waals surface area contributed by atoms with Gasteiger partial charge in [-0.05, 0) is 48.7 Å². The van der Waals surface area contributed by atoms with E-state index in [-0.39, 0.29) is 6.61 Å². The van der Waals surface area contributed by atoms with Crippen LogP contribution in [0.5, 0.6) is 0 Å². The smallest absolute Gasteiger partial charge is 0.0684 e. The number of rotatable bonds is 3. The summed E-state index contributed by atoms with van der Waals surface area (Å²) >= 11 is 1.77. The molecule has 0 aliphatic rings. The monoisotopic (exact) mass is 244 g/mol. The number of benzene rings is 2. The van der Waals surface area contributed by atoms with Crippen molar-refractivity contribution < 1.29 is 5.11 Å². The molecule has 0 bridgehead atoms. The predicted molar refractivity (Wildman–Crippen MR) is 72.4 cm³/mol. The molecule has 17 heavy (non-hydrogen) atoms. The standard InChI is InChI=1S/C15H16OS/c1-11-5-3-4-6-15(11)17-14-8-7-13(10-16)12(2)9-14/h3-9,16H,10H2,1-2H3. The van der Waals surface area contributed by atoms with E-state index in [0.29, 0.717) is 0 Å². The second kappa shape index (κ2) is 5.39. The van der Waals surface area contributed by atoms with Crippen molar-refractivity contribution in [3.63, 3.8) is 0 Å². The van der Waals surface area contributed by atoms with Crippen LogP contribution in [0.25, 0.3) is 0 Å². The molecule has 0 aliphatic carbocycles. The number of aliphatic hydroxyl groups is 1. The van der Waals surface area contributed by atoms with Gasteiger partial charge >= 0.3 is 0 Å². The molecule has 0 saturated carbocycles. The maximum absolute atomic E-state index is 9.14. The van der Waals surface area contributed by atoms with Crippen LogP contribution in [0.15, 0.2) is 52.3 Å². The van der Waals surface area contributed by atoms with Gasteiger partial charge in [0.2, 0.25) is 0 Å². The lowest BCUT2D eigenvalue weighted by Crippen LogP contribution is -1.88. The van der Waals surface area contributed by atoms with Gasteiger partial charge in [-0.15, -0.1) is 0 Å². The third kappa shape index (κ3) is 2.90. The molecule has 0 radical (unpaired) electrons. The fourth-order valence-corrected chi connectivity index (χ4v) is 2.71. The first-order valence-corrected chi connectivity index (χ1v) is 6.46. The quantitative estimate of drug-likeness (QED) is 0.882. The molecule has 0 saturated heterocycles. The Morgan fingerprint density at radius 1 is 1.00 bits per heavy atom. The van der Waals surface area contributed by atoms with Crippen molar-refractivity contribution in [2.45, 2.75) is 30.2 Å². The van der Waals surface area contributed by atoms with Crippen LogP contribution < -0.4 is 0 Å². The third-order valence-corrected chi connectivity index (χ3v) is 3.97. The topological polar surface area (TPSA) is 20.2 Å². The first-order chi connectivity index (χ1) is 8.20. The van der Waals surface area contributed by atoms with Crippen LogP contribution in [0, 0.1) is 13.8 Å². The lowest BCUT2D eigenvalue weighted by Gasteiger charge is -2.08. The summed E-state index contributed by atoms with van der Waals surface area (Å²) in [6.07, 6.45) is 0. The number of aryl methyl sites for hydroxylation is 2. The molecule has 0 atom stereocenters. The summed E-state index contributed by atoms with van der Waals surface area (Å²) in [6.45, 7) is 4.27. The Hall–Kier alpha value is -1.25. The first kappa shape index (κ1) is 12.2. The van der Waals surface area contributed by atoms with E-state index in [9.17, 15) is 0 Å². The summed E-state index contributed by atoms with van der Waals surface area (Å²) in [5.74, 6) is 0. The summed E-state index contributed by atoms with van der Waals surface area (Å²) in [5.41, 5.74) is 3.44. The first-order valence-electron chi connectivity index (χ1n) is 5.64. The highest BCUT2D eigenvalue weighted by atomic mass is 32.2. The Morgan fingerprint density at radius 3 is 2.41 bits per heavy atom. The van der Waals surface area contributed by atoms with Crippen LogP contribution in [0.2, 0.25) is 0 Å². The lowest BCUT2D eigenvalue weighted by atomic mass is 10.1. The Balaban J connectivity index is 2.25. The van der Waals surface area contributed by atoms with Gasteiger partial charge in [0.25, 0.3) is 0 Å². The summed E-state index contributed by atoms with van der Waals surface area (Å²) in [5, 5.41) is 9.14. The molecule has 88 valence electrons. The molecule has 2 heteroatoms. The van der Waals surface area contributed by atoms with E-state index in [1.807, 2.05) is 13.0 Å². The largest absolute Gasteiger partial charge is 0.392 e. The highest BCUT2D eigenvalue weighted by Gasteiger charge is 2.03. The molecule has 2 aromatic carbocycles. The Kier molecular flexibility index (Phi) is 3.87. The molecule has 1 nitrogen and oxygen atoms in total. The van der Waals surface area contributed by atoms with Crippen LogP contribution in [-0.4, -0.2) is 5.11 Å². The summed E-state index contributed by atoms with van der Waals surface area (Å²) < 4.78 is 0. The highest BCUT2D eigenvalue weighted by Crippen LogP contribution is 2.31. The molecular formula is C15H16OS. The van der Waals surface area contributed by atoms with Gasteiger partial charge in [0, 0.05) is 9.79 Å². The Labute approximate surface area is 107 Å². The van der Waals surface area contributed by atoms with E-state index in [1.165, 1.54) is 15.4 Å². The Bertz CT molecular complexity index is 520. The minimum absolute atomic E-state index is 0.112. The molecule has 0 spiro atoms. The van der Waals surface area contributed by atoms with E-state index in [2.05, 4.69) is 43.3 Å². The zero-order chi connectivity index (χ0) is 12.3. The second-order valence-electron chi connectivity index (χ2n) is 4.11. The predicted octanol–water partition coefficient (Wildman–Crippen LogP) is 3.95. The minimum atomic E-state index is 0.112. The van der Waals surface area contributed by atoms with Crippen molar-refractivity contribution in [1.82, 2.24) is 0 Å². The van der Waals surface area contributed by atoms with E-state index in [0.717, 1.165) is 11.1 Å². The maximum atomic E-state index is 9.14. The zero-order valence-corrected chi connectivity index (χ0v) is 10.9. The highest BCUT2D eigenvalue weighted by molar-refractivity contribution is 7.99. The van der Waals surface area contributed by atoms with E-state index < -0.39 is 0 Å². The van der Waals surface area contributed by atoms with Crippen molar-refractivity contribution in [2.75, 3.05) is 0 Å². The molecule has 2 aromatic rings. The number of aliphatic hydroxyl groups excluding tert-OH is 1.